The normalized spacial score (nSPS) is 10.0. The largest absolute Gasteiger partial charge is 0.332 e. The predicted molar refractivity (Wildman–Crippen MR) is 115 cm³/mol. The number of anilines is 4. The molecule has 0 aliphatic rings. The molecule has 142 valence electrons. The van der Waals surface area contributed by atoms with Gasteiger partial charge in [0.2, 0.25) is 5.91 Å². The highest BCUT2D eigenvalue weighted by molar-refractivity contribution is 7.80. The van der Waals surface area contributed by atoms with Crippen LogP contribution in [0.25, 0.3) is 0 Å². The Hall–Kier alpha value is -3.37. The highest BCUT2D eigenvalue weighted by atomic mass is 32.1. The monoisotopic (exact) mass is 412 g/mol. The quantitative estimate of drug-likeness (QED) is 0.475. The molecule has 2 amide bonds. The number of aromatic nitrogens is 2. The molecular formula is C18H16N6O2S2. The van der Waals surface area contributed by atoms with Crippen LogP contribution in [0.4, 0.5) is 22.7 Å². The number of carbonyl (C=O) groups excluding carboxylic acids is 2. The van der Waals surface area contributed by atoms with E-state index in [1.165, 1.54) is 6.92 Å². The zero-order valence-corrected chi connectivity index (χ0v) is 16.4. The maximum absolute atomic E-state index is 12.0. The third-order valence-electron chi connectivity index (χ3n) is 3.43. The number of hydrogen-bond donors (Lipinski definition) is 4. The van der Waals surface area contributed by atoms with Gasteiger partial charge in [0.1, 0.15) is 0 Å². The SMILES string of the molecule is CC(=O)Nc1cccc(NC(=S)Nc2ccc(NC(=O)c3csnn3)cc2)c1. The number of carbonyl (C=O) groups is 2. The van der Waals surface area contributed by atoms with Crippen molar-refractivity contribution in [3.8, 4) is 0 Å². The van der Waals surface area contributed by atoms with Crippen molar-refractivity contribution >= 4 is 63.4 Å². The molecule has 8 nitrogen and oxygen atoms in total. The van der Waals surface area contributed by atoms with Crippen LogP contribution in [0.2, 0.25) is 0 Å². The van der Waals surface area contributed by atoms with Crippen molar-refractivity contribution < 1.29 is 9.59 Å². The van der Waals surface area contributed by atoms with Gasteiger partial charge in [-0.05, 0) is 66.2 Å². The number of hydrogen-bond acceptors (Lipinski definition) is 6. The van der Waals surface area contributed by atoms with Gasteiger partial charge in [-0.15, -0.1) is 5.10 Å². The zero-order chi connectivity index (χ0) is 19.9. The number of nitrogens with zero attached hydrogens (tertiary/aromatic N) is 2. The van der Waals surface area contributed by atoms with E-state index in [0.29, 0.717) is 16.5 Å². The van der Waals surface area contributed by atoms with Crippen molar-refractivity contribution in [3.63, 3.8) is 0 Å². The highest BCUT2D eigenvalue weighted by Gasteiger charge is 2.09. The zero-order valence-electron chi connectivity index (χ0n) is 14.7. The standard InChI is InChI=1S/C18H16N6O2S2/c1-11(25)19-14-3-2-4-15(9-14)22-18(27)21-13-7-5-12(6-8-13)20-17(26)16-10-28-24-23-16/h2-10H,1H3,(H,19,25)(H,20,26)(H2,21,22,27). The molecule has 1 heterocycles. The second kappa shape index (κ2) is 9.02. The molecule has 0 aliphatic carbocycles. The van der Waals surface area contributed by atoms with Gasteiger partial charge in [0.05, 0.1) is 0 Å². The van der Waals surface area contributed by atoms with Crippen LogP contribution < -0.4 is 21.3 Å². The summed E-state index contributed by atoms with van der Waals surface area (Å²) in [4.78, 5) is 23.1. The first-order chi connectivity index (χ1) is 13.5. The summed E-state index contributed by atoms with van der Waals surface area (Å²) in [6.07, 6.45) is 0. The molecule has 3 rings (SSSR count). The van der Waals surface area contributed by atoms with Crippen LogP contribution in [0.3, 0.4) is 0 Å². The van der Waals surface area contributed by atoms with Gasteiger partial charge in [-0.3, -0.25) is 9.59 Å². The van der Waals surface area contributed by atoms with Gasteiger partial charge in [-0.1, -0.05) is 10.6 Å². The average molecular weight is 413 g/mol. The van der Waals surface area contributed by atoms with Crippen molar-refractivity contribution in [2.24, 2.45) is 0 Å². The fourth-order valence-electron chi connectivity index (χ4n) is 2.27. The Bertz CT molecular complexity index is 990. The smallest absolute Gasteiger partial charge is 0.277 e. The molecule has 0 radical (unpaired) electrons. The first-order valence-electron chi connectivity index (χ1n) is 8.14. The van der Waals surface area contributed by atoms with Gasteiger partial charge in [-0.25, -0.2) is 0 Å². The van der Waals surface area contributed by atoms with Crippen molar-refractivity contribution in [1.82, 2.24) is 9.59 Å². The van der Waals surface area contributed by atoms with E-state index in [1.54, 1.807) is 41.8 Å². The summed E-state index contributed by atoms with van der Waals surface area (Å²) in [6.45, 7) is 1.45. The number of nitrogens with one attached hydrogen (secondary N) is 4. The van der Waals surface area contributed by atoms with Crippen LogP contribution in [0.5, 0.6) is 0 Å². The Labute approximate surface area is 170 Å². The third-order valence-corrected chi connectivity index (χ3v) is 4.14. The summed E-state index contributed by atoms with van der Waals surface area (Å²) in [7, 11) is 0. The van der Waals surface area contributed by atoms with Gasteiger partial charge in [-0.2, -0.15) is 0 Å². The summed E-state index contributed by atoms with van der Waals surface area (Å²) in [6, 6.07) is 14.3. The second-order valence-corrected chi connectivity index (χ2v) is 6.68. The van der Waals surface area contributed by atoms with Crippen LogP contribution in [-0.4, -0.2) is 26.5 Å². The Balaban J connectivity index is 1.56. The van der Waals surface area contributed by atoms with E-state index < -0.39 is 0 Å². The predicted octanol–water partition coefficient (Wildman–Crippen LogP) is 3.56. The Morgan fingerprint density at radius 1 is 0.893 bits per heavy atom. The average Bonchev–Trinajstić information content (AvgIpc) is 3.18. The van der Waals surface area contributed by atoms with Gasteiger partial charge in [0.15, 0.2) is 10.8 Å². The maximum atomic E-state index is 12.0. The molecule has 1 aromatic heterocycles. The Morgan fingerprint density at radius 3 is 2.11 bits per heavy atom. The van der Waals surface area contributed by atoms with Crippen LogP contribution >= 0.6 is 23.8 Å². The first-order valence-corrected chi connectivity index (χ1v) is 9.38. The molecule has 10 heteroatoms. The lowest BCUT2D eigenvalue weighted by Crippen LogP contribution is -2.19. The third kappa shape index (κ3) is 5.56. The van der Waals surface area contributed by atoms with Gasteiger partial charge >= 0.3 is 0 Å². The minimum atomic E-state index is -0.314. The van der Waals surface area contributed by atoms with E-state index in [9.17, 15) is 9.59 Å². The molecule has 0 bridgehead atoms. The van der Waals surface area contributed by atoms with Crippen molar-refractivity contribution in [3.05, 3.63) is 59.6 Å². The lowest BCUT2D eigenvalue weighted by Gasteiger charge is -2.12. The lowest BCUT2D eigenvalue weighted by molar-refractivity contribution is -0.114. The van der Waals surface area contributed by atoms with Crippen molar-refractivity contribution in [2.75, 3.05) is 21.3 Å². The first kappa shape index (κ1) is 19.4. The number of amides is 2. The molecular weight excluding hydrogens is 396 g/mol. The number of rotatable bonds is 5. The van der Waals surface area contributed by atoms with E-state index >= 15 is 0 Å². The molecule has 0 saturated carbocycles. The number of thiocarbonyl (C=S) groups is 1. The van der Waals surface area contributed by atoms with E-state index in [2.05, 4.69) is 30.9 Å². The molecule has 2 aromatic carbocycles. The van der Waals surface area contributed by atoms with Crippen molar-refractivity contribution in [1.29, 1.82) is 0 Å². The molecule has 0 aliphatic heterocycles. The maximum Gasteiger partial charge on any atom is 0.277 e. The summed E-state index contributed by atoms with van der Waals surface area (Å²) >= 11 is 6.43. The van der Waals surface area contributed by atoms with Crippen LogP contribution in [-0.2, 0) is 4.79 Å². The molecule has 0 atom stereocenters. The summed E-state index contributed by atoms with van der Waals surface area (Å²) < 4.78 is 3.66. The van der Waals surface area contributed by atoms with E-state index in [-0.39, 0.29) is 17.5 Å². The topological polar surface area (TPSA) is 108 Å². The van der Waals surface area contributed by atoms with Gasteiger partial charge in [0, 0.05) is 35.1 Å². The fraction of sp³-hybridized carbons (Fsp3) is 0.0556. The van der Waals surface area contributed by atoms with Crippen LogP contribution in [0, 0.1) is 0 Å². The summed E-state index contributed by atoms with van der Waals surface area (Å²) in [5.41, 5.74) is 3.08. The lowest BCUT2D eigenvalue weighted by atomic mass is 10.2. The highest BCUT2D eigenvalue weighted by Crippen LogP contribution is 2.17. The molecule has 0 unspecified atom stereocenters. The van der Waals surface area contributed by atoms with Crippen LogP contribution in [0.15, 0.2) is 53.9 Å². The molecule has 3 aromatic rings. The second-order valence-electron chi connectivity index (χ2n) is 5.66. The summed E-state index contributed by atoms with van der Waals surface area (Å²) in [5, 5.41) is 17.3. The van der Waals surface area contributed by atoms with Crippen molar-refractivity contribution in [2.45, 2.75) is 6.92 Å². The number of benzene rings is 2. The Kier molecular flexibility index (Phi) is 6.25. The molecule has 0 fully saturated rings. The minimum absolute atomic E-state index is 0.143. The molecule has 28 heavy (non-hydrogen) atoms. The Morgan fingerprint density at radius 2 is 1.50 bits per heavy atom. The minimum Gasteiger partial charge on any atom is -0.332 e. The van der Waals surface area contributed by atoms with Gasteiger partial charge < -0.3 is 21.3 Å². The van der Waals surface area contributed by atoms with E-state index in [1.807, 2.05) is 12.1 Å². The molecule has 0 spiro atoms. The van der Waals surface area contributed by atoms with Gasteiger partial charge in [0.25, 0.3) is 5.91 Å². The molecule has 0 saturated heterocycles. The fourth-order valence-corrected chi connectivity index (χ4v) is 2.94. The van der Waals surface area contributed by atoms with Crippen LogP contribution in [0.1, 0.15) is 17.4 Å². The van der Waals surface area contributed by atoms with E-state index in [4.69, 9.17) is 12.2 Å². The molecule has 4 N–H and O–H groups in total. The van der Waals surface area contributed by atoms with E-state index in [0.717, 1.165) is 22.9 Å². The summed E-state index contributed by atoms with van der Waals surface area (Å²) in [5.74, 6) is -0.457.